The molecule has 0 aliphatic carbocycles. The highest BCUT2D eigenvalue weighted by atomic mass is 35.5. The molecular weight excluding hydrogens is 282 g/mol. The third-order valence-electron chi connectivity index (χ3n) is 4.10. The summed E-state index contributed by atoms with van der Waals surface area (Å²) in [6.07, 6.45) is 2.23. The van der Waals surface area contributed by atoms with Gasteiger partial charge < -0.3 is 5.32 Å². The zero-order chi connectivity index (χ0) is 13.8. The van der Waals surface area contributed by atoms with E-state index in [9.17, 15) is 8.78 Å². The average Bonchev–Trinajstić information content (AvgIpc) is 2.42. The average molecular weight is 305 g/mol. The molecule has 1 N–H and O–H groups in total. The van der Waals surface area contributed by atoms with Crippen LogP contribution in [0.1, 0.15) is 31.4 Å². The molecule has 1 heterocycles. The fourth-order valence-corrected chi connectivity index (χ4v) is 2.86. The molecule has 0 spiro atoms. The molecule has 1 aliphatic rings. The van der Waals surface area contributed by atoms with E-state index in [0.717, 1.165) is 32.5 Å². The van der Waals surface area contributed by atoms with Gasteiger partial charge in [0.2, 0.25) is 0 Å². The molecule has 0 amide bonds. The Balaban J connectivity index is 0.00000200. The maximum absolute atomic E-state index is 13.8. The Morgan fingerprint density at radius 2 is 1.95 bits per heavy atom. The van der Waals surface area contributed by atoms with Gasteiger partial charge in [0.1, 0.15) is 11.6 Å². The Labute approximate surface area is 126 Å². The molecule has 1 aromatic carbocycles. The number of nitrogens with zero attached hydrogens (tertiary/aromatic N) is 1. The number of hydrogen-bond acceptors (Lipinski definition) is 2. The first-order chi connectivity index (χ1) is 9.11. The maximum Gasteiger partial charge on any atom is 0.128 e. The number of hydrogen-bond donors (Lipinski definition) is 1. The molecule has 1 aromatic rings. The highest BCUT2D eigenvalue weighted by Gasteiger charge is 2.24. The van der Waals surface area contributed by atoms with Gasteiger partial charge in [-0.3, -0.25) is 4.90 Å². The lowest BCUT2D eigenvalue weighted by Gasteiger charge is -2.36. The van der Waals surface area contributed by atoms with E-state index in [1.165, 1.54) is 18.2 Å². The molecule has 1 saturated heterocycles. The molecule has 0 aromatic heterocycles. The summed E-state index contributed by atoms with van der Waals surface area (Å²) in [4.78, 5) is 2.24. The van der Waals surface area contributed by atoms with Crippen LogP contribution in [0, 0.1) is 17.6 Å². The van der Waals surface area contributed by atoms with Gasteiger partial charge in [0, 0.05) is 11.6 Å². The van der Waals surface area contributed by atoms with Crippen molar-refractivity contribution in [1.82, 2.24) is 10.2 Å². The molecule has 2 nitrogen and oxygen atoms in total. The van der Waals surface area contributed by atoms with Crippen molar-refractivity contribution in [2.24, 2.45) is 5.92 Å². The van der Waals surface area contributed by atoms with Gasteiger partial charge in [0.15, 0.2) is 0 Å². The Kier molecular flexibility index (Phi) is 6.86. The summed E-state index contributed by atoms with van der Waals surface area (Å²) in [5.41, 5.74) is 0.465. The number of halogens is 3. The van der Waals surface area contributed by atoms with Crippen LogP contribution in [0.2, 0.25) is 0 Å². The molecule has 1 aliphatic heterocycles. The van der Waals surface area contributed by atoms with Gasteiger partial charge in [0.05, 0.1) is 0 Å². The second kappa shape index (κ2) is 7.91. The topological polar surface area (TPSA) is 15.3 Å². The first-order valence-corrected chi connectivity index (χ1v) is 6.95. The third kappa shape index (κ3) is 4.14. The van der Waals surface area contributed by atoms with Crippen molar-refractivity contribution in [2.75, 3.05) is 26.7 Å². The number of likely N-dealkylation sites (tertiary alicyclic amines) is 1. The van der Waals surface area contributed by atoms with Gasteiger partial charge >= 0.3 is 0 Å². The summed E-state index contributed by atoms with van der Waals surface area (Å²) in [6.45, 7) is 4.89. The fourth-order valence-electron chi connectivity index (χ4n) is 2.86. The van der Waals surface area contributed by atoms with E-state index in [1.54, 1.807) is 0 Å². The van der Waals surface area contributed by atoms with Crippen molar-refractivity contribution in [3.05, 3.63) is 35.4 Å². The molecular formula is C15H23ClF2N2. The van der Waals surface area contributed by atoms with Gasteiger partial charge in [0.25, 0.3) is 0 Å². The Morgan fingerprint density at radius 3 is 2.55 bits per heavy atom. The smallest absolute Gasteiger partial charge is 0.128 e. The SMILES string of the molecule is CNCC1CCN(C(C)c2cc(F)ccc2F)CC1.Cl. The number of rotatable bonds is 4. The van der Waals surface area contributed by atoms with Crippen molar-refractivity contribution in [2.45, 2.75) is 25.8 Å². The molecule has 2 rings (SSSR count). The summed E-state index contributed by atoms with van der Waals surface area (Å²) in [5.74, 6) is 0.0189. The first-order valence-electron chi connectivity index (χ1n) is 6.95. The van der Waals surface area contributed by atoms with Gasteiger partial charge in [-0.25, -0.2) is 8.78 Å². The molecule has 0 radical (unpaired) electrons. The highest BCUT2D eigenvalue weighted by Crippen LogP contribution is 2.28. The molecule has 5 heteroatoms. The van der Waals surface area contributed by atoms with Crippen molar-refractivity contribution < 1.29 is 8.78 Å². The molecule has 114 valence electrons. The summed E-state index contributed by atoms with van der Waals surface area (Å²) >= 11 is 0. The van der Waals surface area contributed by atoms with E-state index < -0.39 is 0 Å². The van der Waals surface area contributed by atoms with Crippen molar-refractivity contribution in [3.63, 3.8) is 0 Å². The van der Waals surface area contributed by atoms with Crippen LogP contribution in [0.3, 0.4) is 0 Å². The van der Waals surface area contributed by atoms with Crippen LogP contribution >= 0.6 is 12.4 Å². The molecule has 0 bridgehead atoms. The van der Waals surface area contributed by atoms with Gasteiger partial charge in [-0.15, -0.1) is 12.4 Å². The monoisotopic (exact) mass is 304 g/mol. The predicted octanol–water partition coefficient (Wildman–Crippen LogP) is 3.38. The summed E-state index contributed by atoms with van der Waals surface area (Å²) in [7, 11) is 1.97. The predicted molar refractivity (Wildman–Crippen MR) is 80.2 cm³/mol. The van der Waals surface area contributed by atoms with Crippen LogP contribution in [-0.2, 0) is 0 Å². The summed E-state index contributed by atoms with van der Waals surface area (Å²) in [6, 6.07) is 3.64. The van der Waals surface area contributed by atoms with Crippen LogP contribution in [0.4, 0.5) is 8.78 Å². The molecule has 0 saturated carbocycles. The molecule has 1 unspecified atom stereocenters. The standard InChI is InChI=1S/C15H22F2N2.ClH/c1-11(14-9-13(16)3-4-15(14)17)19-7-5-12(6-8-19)10-18-2;/h3-4,9,11-12,18H,5-8,10H2,1-2H3;1H. The minimum absolute atomic E-state index is 0. The van der Waals surface area contributed by atoms with Crippen LogP contribution in [-0.4, -0.2) is 31.6 Å². The molecule has 20 heavy (non-hydrogen) atoms. The highest BCUT2D eigenvalue weighted by molar-refractivity contribution is 5.85. The Bertz CT molecular complexity index is 420. The quantitative estimate of drug-likeness (QED) is 0.917. The minimum Gasteiger partial charge on any atom is -0.319 e. The number of nitrogens with one attached hydrogen (secondary N) is 1. The lowest BCUT2D eigenvalue weighted by molar-refractivity contribution is 0.138. The molecule has 1 atom stereocenters. The van der Waals surface area contributed by atoms with Gasteiger partial charge in [-0.2, -0.15) is 0 Å². The van der Waals surface area contributed by atoms with E-state index in [4.69, 9.17) is 0 Å². The Morgan fingerprint density at radius 1 is 1.30 bits per heavy atom. The van der Waals surface area contributed by atoms with Crippen molar-refractivity contribution in [1.29, 1.82) is 0 Å². The van der Waals surface area contributed by atoms with Gasteiger partial charge in [-0.1, -0.05) is 0 Å². The second-order valence-corrected chi connectivity index (χ2v) is 5.38. The zero-order valence-electron chi connectivity index (χ0n) is 12.0. The summed E-state index contributed by atoms with van der Waals surface area (Å²) in [5, 5.41) is 3.20. The van der Waals surface area contributed by atoms with E-state index in [2.05, 4.69) is 10.2 Å². The zero-order valence-corrected chi connectivity index (χ0v) is 12.9. The van der Waals surface area contributed by atoms with Crippen molar-refractivity contribution in [3.8, 4) is 0 Å². The van der Waals surface area contributed by atoms with Crippen LogP contribution in [0.25, 0.3) is 0 Å². The van der Waals surface area contributed by atoms with E-state index in [0.29, 0.717) is 11.5 Å². The third-order valence-corrected chi connectivity index (χ3v) is 4.10. The number of benzene rings is 1. The molecule has 1 fully saturated rings. The lowest BCUT2D eigenvalue weighted by Crippen LogP contribution is -2.38. The van der Waals surface area contributed by atoms with Gasteiger partial charge in [-0.05, 0) is 70.6 Å². The van der Waals surface area contributed by atoms with Crippen LogP contribution in [0.5, 0.6) is 0 Å². The largest absolute Gasteiger partial charge is 0.319 e. The lowest BCUT2D eigenvalue weighted by atomic mass is 9.94. The van der Waals surface area contributed by atoms with Crippen LogP contribution < -0.4 is 5.32 Å². The van der Waals surface area contributed by atoms with Crippen molar-refractivity contribution >= 4 is 12.4 Å². The van der Waals surface area contributed by atoms with Crippen LogP contribution in [0.15, 0.2) is 18.2 Å². The minimum atomic E-state index is -0.367. The maximum atomic E-state index is 13.8. The second-order valence-electron chi connectivity index (χ2n) is 5.38. The first kappa shape index (κ1) is 17.3. The Hall–Kier alpha value is -0.710. The van der Waals surface area contributed by atoms with E-state index in [1.807, 2.05) is 14.0 Å². The summed E-state index contributed by atoms with van der Waals surface area (Å²) < 4.78 is 27.0. The fraction of sp³-hybridized carbons (Fsp3) is 0.600. The van der Waals surface area contributed by atoms with E-state index in [-0.39, 0.29) is 30.1 Å². The van der Waals surface area contributed by atoms with E-state index >= 15 is 0 Å². The normalized spacial score (nSPS) is 18.6. The number of piperidine rings is 1.